The minimum Gasteiger partial charge on any atom is -0.493 e. The van der Waals surface area contributed by atoms with Crippen LogP contribution >= 0.6 is 0 Å². The first-order chi connectivity index (χ1) is 14.0. The fourth-order valence-electron chi connectivity index (χ4n) is 3.67. The van der Waals surface area contributed by atoms with Crippen LogP contribution in [-0.2, 0) is 5.41 Å². The van der Waals surface area contributed by atoms with Gasteiger partial charge in [0.2, 0.25) is 0 Å². The second-order valence-corrected chi connectivity index (χ2v) is 10.4. The van der Waals surface area contributed by atoms with Crippen LogP contribution in [0.3, 0.4) is 0 Å². The van der Waals surface area contributed by atoms with E-state index in [9.17, 15) is 0 Å². The maximum atomic E-state index is 6.55. The number of hydrogen-bond donors (Lipinski definition) is 0. The summed E-state index contributed by atoms with van der Waals surface area (Å²) < 4.78 is 6.14. The van der Waals surface area contributed by atoms with Gasteiger partial charge in [-0.15, -0.1) is 0 Å². The molecule has 0 atom stereocenters. The van der Waals surface area contributed by atoms with Gasteiger partial charge in [-0.1, -0.05) is 90.3 Å². The number of benzene rings is 1. The van der Waals surface area contributed by atoms with Crippen LogP contribution in [0.2, 0.25) is 0 Å². The van der Waals surface area contributed by atoms with Crippen molar-refractivity contribution in [2.24, 2.45) is 5.92 Å². The third-order valence-electron chi connectivity index (χ3n) is 5.77. The molecule has 0 saturated heterocycles. The van der Waals surface area contributed by atoms with E-state index in [1.54, 1.807) is 0 Å². The Morgan fingerprint density at radius 2 is 1.70 bits per heavy atom. The van der Waals surface area contributed by atoms with Crippen molar-refractivity contribution in [2.45, 2.75) is 104 Å². The first-order valence-electron chi connectivity index (χ1n) is 12.0. The van der Waals surface area contributed by atoms with Gasteiger partial charge in [-0.2, -0.15) is 0 Å². The lowest BCUT2D eigenvalue weighted by Gasteiger charge is -2.41. The van der Waals surface area contributed by atoms with Gasteiger partial charge in [0.1, 0.15) is 5.75 Å². The number of nitrogens with zero attached hydrogens (tertiary/aromatic N) is 1. The van der Waals surface area contributed by atoms with Crippen molar-refractivity contribution < 1.29 is 4.74 Å². The van der Waals surface area contributed by atoms with Crippen LogP contribution in [0.15, 0.2) is 18.2 Å². The van der Waals surface area contributed by atoms with Gasteiger partial charge in [-0.25, -0.2) is 0 Å². The highest BCUT2D eigenvalue weighted by molar-refractivity contribution is 6.39. The van der Waals surface area contributed by atoms with Crippen molar-refractivity contribution in [3.8, 4) is 5.75 Å². The molecule has 0 aliphatic heterocycles. The molecular formula is C26H45B2NO. The van der Waals surface area contributed by atoms with Crippen LogP contribution in [0.25, 0.3) is 0 Å². The highest BCUT2D eigenvalue weighted by Crippen LogP contribution is 2.32. The Balaban J connectivity index is 2.47. The summed E-state index contributed by atoms with van der Waals surface area (Å²) in [6.07, 6.45) is 7.41. The van der Waals surface area contributed by atoms with E-state index in [1.807, 2.05) is 0 Å². The van der Waals surface area contributed by atoms with Gasteiger partial charge >= 0.3 is 0 Å². The fraction of sp³-hybridized carbons (Fsp3) is 0.769. The van der Waals surface area contributed by atoms with E-state index >= 15 is 0 Å². The fourth-order valence-corrected chi connectivity index (χ4v) is 3.67. The molecule has 0 heterocycles. The molecule has 1 rings (SSSR count). The Bertz CT molecular complexity index is 608. The van der Waals surface area contributed by atoms with Crippen molar-refractivity contribution in [3.05, 3.63) is 29.3 Å². The maximum Gasteiger partial charge on any atom is 0.123 e. The summed E-state index contributed by atoms with van der Waals surface area (Å²) in [5, 5.41) is -0.707. The molecule has 0 aromatic heterocycles. The van der Waals surface area contributed by atoms with Crippen molar-refractivity contribution in [1.82, 2.24) is 4.90 Å². The summed E-state index contributed by atoms with van der Waals surface area (Å²) in [6, 6.07) is 6.49. The van der Waals surface area contributed by atoms with Gasteiger partial charge in [-0.05, 0) is 62.2 Å². The number of aryl methyl sites for hydroxylation is 1. The molecule has 0 aliphatic rings. The van der Waals surface area contributed by atoms with Crippen LogP contribution in [0, 0.1) is 12.8 Å². The summed E-state index contributed by atoms with van der Waals surface area (Å²) in [7, 11) is 13.1. The molecule has 30 heavy (non-hydrogen) atoms. The van der Waals surface area contributed by atoms with Gasteiger partial charge < -0.3 is 9.64 Å². The minimum atomic E-state index is -0.707. The smallest absolute Gasteiger partial charge is 0.123 e. The Labute approximate surface area is 190 Å². The normalized spacial score (nSPS) is 12.7. The van der Waals surface area contributed by atoms with E-state index < -0.39 is 5.34 Å². The lowest BCUT2D eigenvalue weighted by Crippen LogP contribution is -2.51. The number of rotatable bonds is 14. The number of hydrogen-bond acceptors (Lipinski definition) is 2. The lowest BCUT2D eigenvalue weighted by molar-refractivity contribution is 0.194. The molecule has 0 aliphatic carbocycles. The zero-order valence-corrected chi connectivity index (χ0v) is 20.9. The Kier molecular flexibility index (Phi) is 11.6. The van der Waals surface area contributed by atoms with Gasteiger partial charge in [0.05, 0.1) is 22.3 Å². The van der Waals surface area contributed by atoms with E-state index in [-0.39, 0.29) is 5.41 Å². The highest BCUT2D eigenvalue weighted by Gasteiger charge is 2.24. The van der Waals surface area contributed by atoms with E-state index in [4.69, 9.17) is 20.4 Å². The maximum absolute atomic E-state index is 6.55. The third-order valence-corrected chi connectivity index (χ3v) is 5.77. The molecule has 0 fully saturated rings. The predicted molar refractivity (Wildman–Crippen MR) is 134 cm³/mol. The van der Waals surface area contributed by atoms with Gasteiger partial charge in [0.15, 0.2) is 0 Å². The van der Waals surface area contributed by atoms with Crippen molar-refractivity contribution in [1.29, 1.82) is 0 Å². The number of ether oxygens (including phenoxy) is 1. The molecule has 4 heteroatoms. The third kappa shape index (κ3) is 9.94. The monoisotopic (exact) mass is 409 g/mol. The summed E-state index contributed by atoms with van der Waals surface area (Å²) in [5.74, 6) is 1.68. The molecule has 1 aromatic carbocycles. The Morgan fingerprint density at radius 3 is 2.30 bits per heavy atom. The quantitative estimate of drug-likeness (QED) is 0.262. The van der Waals surface area contributed by atoms with Gasteiger partial charge in [0.25, 0.3) is 0 Å². The molecule has 0 unspecified atom stereocenters. The van der Waals surface area contributed by atoms with Crippen molar-refractivity contribution in [2.75, 3.05) is 19.7 Å². The molecule has 0 spiro atoms. The Morgan fingerprint density at radius 1 is 1.00 bits per heavy atom. The molecule has 166 valence electrons. The zero-order valence-electron chi connectivity index (χ0n) is 20.9. The first-order valence-corrected chi connectivity index (χ1v) is 12.0. The van der Waals surface area contributed by atoms with E-state index in [1.165, 1.54) is 17.5 Å². The predicted octanol–water partition coefficient (Wildman–Crippen LogP) is 6.37. The summed E-state index contributed by atoms with van der Waals surface area (Å²) in [5.41, 5.74) is 2.64. The second kappa shape index (κ2) is 12.8. The van der Waals surface area contributed by atoms with E-state index in [0.29, 0.717) is 5.92 Å². The van der Waals surface area contributed by atoms with Crippen molar-refractivity contribution >= 4 is 15.7 Å². The topological polar surface area (TPSA) is 12.5 Å². The standard InChI is InChI=1S/C26H45B2NO/c1-8-9-17-29(18-15-21(2)3)26(27,28)16-11-10-12-19-30-24-14-13-22(4)20-23(24)25(5,6)7/h13-14,20-21H,8-12,15-19H2,1-7H3. The summed E-state index contributed by atoms with van der Waals surface area (Å²) >= 11 is 0. The molecule has 0 bridgehead atoms. The molecule has 0 N–H and O–H groups in total. The van der Waals surface area contributed by atoms with Crippen LogP contribution < -0.4 is 4.74 Å². The SMILES string of the molecule is [B]C([B])(CCCCCOc1ccc(C)cc1C(C)(C)C)N(CCCC)CCC(C)C. The molecule has 0 saturated carbocycles. The van der Waals surface area contributed by atoms with Gasteiger partial charge in [-0.3, -0.25) is 0 Å². The van der Waals surface area contributed by atoms with E-state index in [2.05, 4.69) is 71.6 Å². The summed E-state index contributed by atoms with van der Waals surface area (Å²) in [6.45, 7) is 18.3. The number of unbranched alkanes of at least 4 members (excludes halogenated alkanes) is 3. The van der Waals surface area contributed by atoms with Crippen LogP contribution in [-0.4, -0.2) is 45.6 Å². The zero-order chi connectivity index (χ0) is 22.8. The highest BCUT2D eigenvalue weighted by atomic mass is 16.5. The second-order valence-electron chi connectivity index (χ2n) is 10.4. The van der Waals surface area contributed by atoms with E-state index in [0.717, 1.165) is 64.0 Å². The van der Waals surface area contributed by atoms with Gasteiger partial charge in [0, 0.05) is 0 Å². The molecule has 4 radical (unpaired) electrons. The first kappa shape index (κ1) is 27.1. The Hall–Kier alpha value is -0.890. The molecule has 2 nitrogen and oxygen atoms in total. The summed E-state index contributed by atoms with van der Waals surface area (Å²) in [4.78, 5) is 2.30. The molecule has 0 amide bonds. The lowest BCUT2D eigenvalue weighted by atomic mass is 9.58. The average Bonchev–Trinajstić information content (AvgIpc) is 2.64. The largest absolute Gasteiger partial charge is 0.493 e. The average molecular weight is 409 g/mol. The van der Waals surface area contributed by atoms with Crippen LogP contribution in [0.4, 0.5) is 0 Å². The van der Waals surface area contributed by atoms with Crippen LogP contribution in [0.5, 0.6) is 5.75 Å². The minimum absolute atomic E-state index is 0.0813. The van der Waals surface area contributed by atoms with Crippen LogP contribution in [0.1, 0.15) is 97.6 Å². The van der Waals surface area contributed by atoms with Crippen molar-refractivity contribution in [3.63, 3.8) is 0 Å². The molecular weight excluding hydrogens is 364 g/mol. The molecule has 1 aromatic rings.